The average molecular weight is 355 g/mol. The van der Waals surface area contributed by atoms with Gasteiger partial charge >= 0.3 is 0 Å². The lowest BCUT2D eigenvalue weighted by atomic mass is 9.91. The van der Waals surface area contributed by atoms with Gasteiger partial charge in [-0.15, -0.1) is 0 Å². The van der Waals surface area contributed by atoms with Crippen LogP contribution in [0.1, 0.15) is 55.3 Å². The molecule has 0 spiro atoms. The summed E-state index contributed by atoms with van der Waals surface area (Å²) >= 11 is 3.48. The number of carbonyl (C=O) groups excluding carboxylic acids is 1. The zero-order valence-corrected chi connectivity index (χ0v) is 14.4. The standard InChI is InChI=1S/C17H23BrO3/c1-20-13-10-14(18)17(16(11-13)21-2)15(19)9-12-7-5-3-4-6-8-12/h10-12H,3-9H2,1-2H3. The van der Waals surface area contributed by atoms with Crippen LogP contribution in [0.25, 0.3) is 0 Å². The van der Waals surface area contributed by atoms with Crippen LogP contribution in [0, 0.1) is 5.92 Å². The van der Waals surface area contributed by atoms with E-state index < -0.39 is 0 Å². The number of ketones is 1. The van der Waals surface area contributed by atoms with Crippen LogP contribution in [0.4, 0.5) is 0 Å². The van der Waals surface area contributed by atoms with E-state index in [0.717, 1.165) is 4.47 Å². The first-order valence-electron chi connectivity index (χ1n) is 7.60. The van der Waals surface area contributed by atoms with E-state index in [1.807, 2.05) is 6.07 Å². The predicted molar refractivity (Wildman–Crippen MR) is 87.4 cm³/mol. The number of Topliss-reactive ketones (excluding diaryl/α,β-unsaturated/α-hetero) is 1. The maximum atomic E-state index is 12.7. The number of carbonyl (C=O) groups is 1. The van der Waals surface area contributed by atoms with Gasteiger partial charge in [-0.1, -0.05) is 38.5 Å². The Kier molecular flexibility index (Phi) is 6.09. The fraction of sp³-hybridized carbons (Fsp3) is 0.588. The highest BCUT2D eigenvalue weighted by atomic mass is 79.9. The van der Waals surface area contributed by atoms with Gasteiger partial charge in [0.25, 0.3) is 0 Å². The van der Waals surface area contributed by atoms with E-state index in [0.29, 0.717) is 29.4 Å². The van der Waals surface area contributed by atoms with E-state index in [4.69, 9.17) is 9.47 Å². The first-order chi connectivity index (χ1) is 10.2. The predicted octanol–water partition coefficient (Wildman–Crippen LogP) is 5.01. The second kappa shape index (κ2) is 7.83. The summed E-state index contributed by atoms with van der Waals surface area (Å²) in [5.41, 5.74) is 0.641. The largest absolute Gasteiger partial charge is 0.497 e. The summed E-state index contributed by atoms with van der Waals surface area (Å²) in [5, 5.41) is 0. The van der Waals surface area contributed by atoms with E-state index in [2.05, 4.69) is 15.9 Å². The first-order valence-corrected chi connectivity index (χ1v) is 8.39. The van der Waals surface area contributed by atoms with Crippen molar-refractivity contribution in [3.05, 3.63) is 22.2 Å². The van der Waals surface area contributed by atoms with Crippen LogP contribution in [0.5, 0.6) is 11.5 Å². The summed E-state index contributed by atoms with van der Waals surface area (Å²) in [4.78, 5) is 12.7. The summed E-state index contributed by atoms with van der Waals surface area (Å²) < 4.78 is 11.3. The summed E-state index contributed by atoms with van der Waals surface area (Å²) in [6, 6.07) is 3.59. The molecule has 4 heteroatoms. The van der Waals surface area contributed by atoms with Gasteiger partial charge in [0.05, 0.1) is 19.8 Å². The fourth-order valence-corrected chi connectivity index (χ4v) is 3.68. The highest BCUT2D eigenvalue weighted by Crippen LogP contribution is 2.35. The van der Waals surface area contributed by atoms with Crippen molar-refractivity contribution in [2.75, 3.05) is 14.2 Å². The van der Waals surface area contributed by atoms with Crippen LogP contribution in [0.15, 0.2) is 16.6 Å². The normalized spacial score (nSPS) is 16.3. The third kappa shape index (κ3) is 4.22. The monoisotopic (exact) mass is 354 g/mol. The summed E-state index contributed by atoms with van der Waals surface area (Å²) in [5.74, 6) is 1.94. The Balaban J connectivity index is 2.17. The van der Waals surface area contributed by atoms with Crippen LogP contribution in [0.2, 0.25) is 0 Å². The molecule has 2 rings (SSSR count). The van der Waals surface area contributed by atoms with Gasteiger partial charge in [0.2, 0.25) is 0 Å². The molecule has 0 N–H and O–H groups in total. The van der Waals surface area contributed by atoms with Crippen molar-refractivity contribution in [1.82, 2.24) is 0 Å². The van der Waals surface area contributed by atoms with Crippen LogP contribution >= 0.6 is 15.9 Å². The quantitative estimate of drug-likeness (QED) is 0.550. The van der Waals surface area contributed by atoms with Gasteiger partial charge in [0, 0.05) is 17.0 Å². The van der Waals surface area contributed by atoms with Crippen LogP contribution < -0.4 is 9.47 Å². The summed E-state index contributed by atoms with van der Waals surface area (Å²) in [6.07, 6.45) is 8.06. The highest BCUT2D eigenvalue weighted by Gasteiger charge is 2.22. The third-order valence-corrected chi connectivity index (χ3v) is 4.84. The molecule has 0 unspecified atom stereocenters. The Morgan fingerprint density at radius 3 is 2.38 bits per heavy atom. The molecule has 0 aliphatic heterocycles. The van der Waals surface area contributed by atoms with Crippen molar-refractivity contribution < 1.29 is 14.3 Å². The molecule has 0 bridgehead atoms. The van der Waals surface area contributed by atoms with Gasteiger partial charge in [-0.05, 0) is 27.9 Å². The molecule has 3 nitrogen and oxygen atoms in total. The summed E-state index contributed by atoms with van der Waals surface area (Å²) in [6.45, 7) is 0. The molecule has 1 aliphatic carbocycles. The maximum Gasteiger partial charge on any atom is 0.168 e. The number of hydrogen-bond donors (Lipinski definition) is 0. The molecule has 1 aliphatic rings. The lowest BCUT2D eigenvalue weighted by Gasteiger charge is -2.16. The third-order valence-electron chi connectivity index (χ3n) is 4.21. The SMILES string of the molecule is COc1cc(Br)c(C(=O)CC2CCCCCC2)c(OC)c1. The van der Waals surface area contributed by atoms with E-state index in [-0.39, 0.29) is 5.78 Å². The highest BCUT2D eigenvalue weighted by molar-refractivity contribution is 9.10. The van der Waals surface area contributed by atoms with E-state index in [9.17, 15) is 4.79 Å². The van der Waals surface area contributed by atoms with Gasteiger partial charge in [0.15, 0.2) is 5.78 Å². The Labute approximate surface area is 135 Å². The molecule has 1 aromatic rings. The van der Waals surface area contributed by atoms with Crippen molar-refractivity contribution in [2.24, 2.45) is 5.92 Å². The van der Waals surface area contributed by atoms with Gasteiger partial charge in [-0.3, -0.25) is 4.79 Å². The van der Waals surface area contributed by atoms with E-state index >= 15 is 0 Å². The van der Waals surface area contributed by atoms with Gasteiger partial charge in [-0.2, -0.15) is 0 Å². The molecule has 0 saturated heterocycles. The zero-order chi connectivity index (χ0) is 15.2. The number of ether oxygens (including phenoxy) is 2. The molecule has 0 aromatic heterocycles. The minimum Gasteiger partial charge on any atom is -0.497 e. The number of benzene rings is 1. The van der Waals surface area contributed by atoms with Crippen molar-refractivity contribution >= 4 is 21.7 Å². The number of methoxy groups -OCH3 is 2. The maximum absolute atomic E-state index is 12.7. The molecule has 21 heavy (non-hydrogen) atoms. The minimum absolute atomic E-state index is 0.160. The van der Waals surface area contributed by atoms with Crippen molar-refractivity contribution in [1.29, 1.82) is 0 Å². The molecular weight excluding hydrogens is 332 g/mol. The molecule has 0 heterocycles. The van der Waals surface area contributed by atoms with Gasteiger partial charge in [-0.25, -0.2) is 0 Å². The molecule has 0 atom stereocenters. The molecular formula is C17H23BrO3. The molecule has 1 aromatic carbocycles. The Morgan fingerprint density at radius 1 is 1.14 bits per heavy atom. The smallest absolute Gasteiger partial charge is 0.168 e. The summed E-state index contributed by atoms with van der Waals surface area (Å²) in [7, 11) is 3.19. The number of halogens is 1. The Bertz CT molecular complexity index is 491. The van der Waals surface area contributed by atoms with Crippen molar-refractivity contribution in [3.63, 3.8) is 0 Å². The van der Waals surface area contributed by atoms with E-state index in [1.165, 1.54) is 38.5 Å². The average Bonchev–Trinajstić information content (AvgIpc) is 2.74. The zero-order valence-electron chi connectivity index (χ0n) is 12.8. The molecule has 1 saturated carbocycles. The van der Waals surface area contributed by atoms with Gasteiger partial charge in [0.1, 0.15) is 11.5 Å². The Hall–Kier alpha value is -1.03. The number of rotatable bonds is 5. The van der Waals surface area contributed by atoms with Crippen LogP contribution in [0.3, 0.4) is 0 Å². The Morgan fingerprint density at radius 2 is 1.81 bits per heavy atom. The first kappa shape index (κ1) is 16.3. The lowest BCUT2D eigenvalue weighted by molar-refractivity contribution is 0.0953. The second-order valence-electron chi connectivity index (χ2n) is 5.67. The lowest BCUT2D eigenvalue weighted by Crippen LogP contribution is -2.10. The minimum atomic E-state index is 0.160. The number of hydrogen-bond acceptors (Lipinski definition) is 3. The van der Waals surface area contributed by atoms with E-state index in [1.54, 1.807) is 20.3 Å². The molecule has 1 fully saturated rings. The van der Waals surface area contributed by atoms with Crippen molar-refractivity contribution in [3.8, 4) is 11.5 Å². The fourth-order valence-electron chi connectivity index (χ4n) is 3.04. The molecule has 0 amide bonds. The van der Waals surface area contributed by atoms with Crippen LogP contribution in [-0.2, 0) is 0 Å². The molecule has 0 radical (unpaired) electrons. The second-order valence-corrected chi connectivity index (χ2v) is 6.53. The van der Waals surface area contributed by atoms with Crippen molar-refractivity contribution in [2.45, 2.75) is 44.9 Å². The topological polar surface area (TPSA) is 35.5 Å². The van der Waals surface area contributed by atoms with Gasteiger partial charge < -0.3 is 9.47 Å². The van der Waals surface area contributed by atoms with Crippen LogP contribution in [-0.4, -0.2) is 20.0 Å². The molecule has 116 valence electrons.